The Morgan fingerprint density at radius 1 is 1.58 bits per heavy atom. The summed E-state index contributed by atoms with van der Waals surface area (Å²) in [5, 5.41) is 3.50. The molecule has 4 nitrogen and oxygen atoms in total. The number of ether oxygens (including phenoxy) is 2. The Morgan fingerprint density at radius 2 is 2.42 bits per heavy atom. The molecule has 1 saturated heterocycles. The number of carbonyl (C=O) groups is 1. The fraction of sp³-hybridized carbons (Fsp3) is 0.500. The Bertz CT molecular complexity index is 444. The molecule has 0 aromatic heterocycles. The summed E-state index contributed by atoms with van der Waals surface area (Å²) in [6, 6.07) is 5.33. The molecule has 5 heteroatoms. The van der Waals surface area contributed by atoms with Gasteiger partial charge < -0.3 is 14.8 Å². The average molecular weight is 284 g/mol. The number of rotatable bonds is 5. The lowest BCUT2D eigenvalue weighted by molar-refractivity contribution is -0.123. The molecule has 0 unspecified atom stereocenters. The van der Waals surface area contributed by atoms with Crippen LogP contribution < -0.4 is 10.1 Å². The molecule has 1 atom stereocenters. The number of hydrogen-bond acceptors (Lipinski definition) is 3. The maximum absolute atomic E-state index is 11.6. The smallest absolute Gasteiger partial charge is 0.258 e. The molecule has 0 radical (unpaired) electrons. The SMILES string of the molecule is Cc1cc(OCC(=O)NC[C@H]2CCCO2)ccc1Cl. The summed E-state index contributed by atoms with van der Waals surface area (Å²) in [5.74, 6) is 0.511. The molecule has 0 saturated carbocycles. The van der Waals surface area contributed by atoms with Gasteiger partial charge in [0.25, 0.3) is 5.91 Å². The van der Waals surface area contributed by atoms with E-state index in [0.29, 0.717) is 17.3 Å². The first-order chi connectivity index (χ1) is 9.15. The molecule has 2 rings (SSSR count). The van der Waals surface area contributed by atoms with Gasteiger partial charge >= 0.3 is 0 Å². The second-order valence-electron chi connectivity index (χ2n) is 4.64. The normalized spacial score (nSPS) is 18.3. The van der Waals surface area contributed by atoms with Gasteiger partial charge in [0.2, 0.25) is 0 Å². The lowest BCUT2D eigenvalue weighted by Gasteiger charge is -2.11. The summed E-state index contributed by atoms with van der Waals surface area (Å²) in [5.41, 5.74) is 0.930. The van der Waals surface area contributed by atoms with Gasteiger partial charge in [0.15, 0.2) is 6.61 Å². The van der Waals surface area contributed by atoms with Crippen LogP contribution in [0, 0.1) is 6.92 Å². The van der Waals surface area contributed by atoms with E-state index in [4.69, 9.17) is 21.1 Å². The van der Waals surface area contributed by atoms with Gasteiger partial charge in [0.1, 0.15) is 5.75 Å². The summed E-state index contributed by atoms with van der Waals surface area (Å²) in [4.78, 5) is 11.6. The highest BCUT2D eigenvalue weighted by molar-refractivity contribution is 6.31. The summed E-state index contributed by atoms with van der Waals surface area (Å²) in [7, 11) is 0. The zero-order chi connectivity index (χ0) is 13.7. The lowest BCUT2D eigenvalue weighted by atomic mass is 10.2. The average Bonchev–Trinajstić information content (AvgIpc) is 2.91. The van der Waals surface area contributed by atoms with Gasteiger partial charge in [-0.3, -0.25) is 4.79 Å². The van der Waals surface area contributed by atoms with E-state index < -0.39 is 0 Å². The van der Waals surface area contributed by atoms with Gasteiger partial charge in [0, 0.05) is 18.2 Å². The molecule has 0 spiro atoms. The van der Waals surface area contributed by atoms with Gasteiger partial charge in [-0.25, -0.2) is 0 Å². The van der Waals surface area contributed by atoms with E-state index in [1.807, 2.05) is 13.0 Å². The van der Waals surface area contributed by atoms with E-state index in [0.717, 1.165) is 25.0 Å². The number of amides is 1. The standard InChI is InChI=1S/C14H18ClNO3/c1-10-7-11(4-5-13(10)15)19-9-14(17)16-8-12-3-2-6-18-12/h4-5,7,12H,2-3,6,8-9H2,1H3,(H,16,17)/t12-/m1/s1. The predicted molar refractivity (Wildman–Crippen MR) is 73.7 cm³/mol. The Hall–Kier alpha value is -1.26. The highest BCUT2D eigenvalue weighted by atomic mass is 35.5. The third-order valence-corrected chi connectivity index (χ3v) is 3.47. The van der Waals surface area contributed by atoms with E-state index in [2.05, 4.69) is 5.32 Å². The molecule has 0 bridgehead atoms. The maximum atomic E-state index is 11.6. The molecule has 1 aliphatic heterocycles. The van der Waals surface area contributed by atoms with E-state index in [1.54, 1.807) is 12.1 Å². The van der Waals surface area contributed by atoms with Crippen molar-refractivity contribution >= 4 is 17.5 Å². The van der Waals surface area contributed by atoms with Crippen molar-refractivity contribution in [2.24, 2.45) is 0 Å². The van der Waals surface area contributed by atoms with Crippen LogP contribution in [0.2, 0.25) is 5.02 Å². The van der Waals surface area contributed by atoms with Crippen LogP contribution in [0.25, 0.3) is 0 Å². The van der Waals surface area contributed by atoms with Crippen LogP contribution in [0.15, 0.2) is 18.2 Å². The quantitative estimate of drug-likeness (QED) is 0.902. The van der Waals surface area contributed by atoms with Crippen LogP contribution in [0.1, 0.15) is 18.4 Å². The third-order valence-electron chi connectivity index (χ3n) is 3.05. The minimum absolute atomic E-state index is 0.00773. The first kappa shape index (κ1) is 14.2. The van der Waals surface area contributed by atoms with Gasteiger partial charge in [-0.05, 0) is 43.5 Å². The Morgan fingerprint density at radius 3 is 3.11 bits per heavy atom. The van der Waals surface area contributed by atoms with Crippen LogP contribution in [-0.4, -0.2) is 31.8 Å². The van der Waals surface area contributed by atoms with Crippen molar-refractivity contribution < 1.29 is 14.3 Å². The first-order valence-electron chi connectivity index (χ1n) is 6.42. The molecule has 1 aromatic rings. The zero-order valence-corrected chi connectivity index (χ0v) is 11.7. The number of aryl methyl sites for hydroxylation is 1. The van der Waals surface area contributed by atoms with Crippen LogP contribution >= 0.6 is 11.6 Å². The molecule has 104 valence electrons. The van der Waals surface area contributed by atoms with Gasteiger partial charge in [-0.2, -0.15) is 0 Å². The number of benzene rings is 1. The molecular weight excluding hydrogens is 266 g/mol. The highest BCUT2D eigenvalue weighted by Crippen LogP contribution is 2.20. The maximum Gasteiger partial charge on any atom is 0.258 e. The van der Waals surface area contributed by atoms with Gasteiger partial charge in [-0.1, -0.05) is 11.6 Å². The van der Waals surface area contributed by atoms with Crippen molar-refractivity contribution in [3.63, 3.8) is 0 Å². The molecule has 1 fully saturated rings. The Balaban J connectivity index is 1.71. The zero-order valence-electron chi connectivity index (χ0n) is 10.9. The molecule has 1 amide bonds. The van der Waals surface area contributed by atoms with Gasteiger partial charge in [0.05, 0.1) is 6.10 Å². The van der Waals surface area contributed by atoms with Crippen LogP contribution in [0.4, 0.5) is 0 Å². The second-order valence-corrected chi connectivity index (χ2v) is 5.05. The number of hydrogen-bond donors (Lipinski definition) is 1. The minimum Gasteiger partial charge on any atom is -0.484 e. The fourth-order valence-electron chi connectivity index (χ4n) is 1.94. The summed E-state index contributed by atoms with van der Waals surface area (Å²) in [6.45, 7) is 3.25. The lowest BCUT2D eigenvalue weighted by Crippen LogP contribution is -2.35. The highest BCUT2D eigenvalue weighted by Gasteiger charge is 2.16. The van der Waals surface area contributed by atoms with Crippen molar-refractivity contribution in [3.05, 3.63) is 28.8 Å². The van der Waals surface area contributed by atoms with Crippen molar-refractivity contribution in [2.45, 2.75) is 25.9 Å². The number of carbonyl (C=O) groups excluding carboxylic acids is 1. The van der Waals surface area contributed by atoms with Crippen LogP contribution in [0.3, 0.4) is 0 Å². The van der Waals surface area contributed by atoms with Crippen molar-refractivity contribution in [1.29, 1.82) is 0 Å². The molecule has 1 aliphatic rings. The third kappa shape index (κ3) is 4.40. The largest absolute Gasteiger partial charge is 0.484 e. The van der Waals surface area contributed by atoms with Crippen molar-refractivity contribution in [2.75, 3.05) is 19.8 Å². The summed E-state index contributed by atoms with van der Waals surface area (Å²) < 4.78 is 10.8. The van der Waals surface area contributed by atoms with Crippen molar-refractivity contribution in [1.82, 2.24) is 5.32 Å². The van der Waals surface area contributed by atoms with E-state index in [9.17, 15) is 4.79 Å². The monoisotopic (exact) mass is 283 g/mol. The van der Waals surface area contributed by atoms with Crippen molar-refractivity contribution in [3.8, 4) is 5.75 Å². The van der Waals surface area contributed by atoms with E-state index >= 15 is 0 Å². The van der Waals surface area contributed by atoms with E-state index in [-0.39, 0.29) is 18.6 Å². The summed E-state index contributed by atoms with van der Waals surface area (Å²) in [6.07, 6.45) is 2.24. The fourth-order valence-corrected chi connectivity index (χ4v) is 2.06. The Labute approximate surface area is 118 Å². The minimum atomic E-state index is -0.136. The molecule has 1 N–H and O–H groups in total. The first-order valence-corrected chi connectivity index (χ1v) is 6.80. The van der Waals surface area contributed by atoms with E-state index in [1.165, 1.54) is 0 Å². The number of halogens is 1. The molecule has 19 heavy (non-hydrogen) atoms. The summed E-state index contributed by atoms with van der Waals surface area (Å²) >= 11 is 5.92. The van der Waals surface area contributed by atoms with Crippen LogP contribution in [-0.2, 0) is 9.53 Å². The van der Waals surface area contributed by atoms with Gasteiger partial charge in [-0.15, -0.1) is 0 Å². The molecule has 0 aliphatic carbocycles. The van der Waals surface area contributed by atoms with Crippen LogP contribution in [0.5, 0.6) is 5.75 Å². The molecule has 1 heterocycles. The molecular formula is C14H18ClNO3. The topological polar surface area (TPSA) is 47.6 Å². The second kappa shape index (κ2) is 6.78. The Kier molecular flexibility index (Phi) is 5.05. The molecule has 1 aromatic carbocycles. The predicted octanol–water partition coefficient (Wildman–Crippen LogP) is 2.32. The number of nitrogens with one attached hydrogen (secondary N) is 1.